The Morgan fingerprint density at radius 1 is 1.69 bits per heavy atom. The first-order chi connectivity index (χ1) is 7.54. The zero-order valence-corrected chi connectivity index (χ0v) is 10.2. The van der Waals surface area contributed by atoms with Crippen molar-refractivity contribution in [3.63, 3.8) is 0 Å². The average Bonchev–Trinajstić information content (AvgIpc) is 2.65. The summed E-state index contributed by atoms with van der Waals surface area (Å²) in [5.41, 5.74) is 0. The Hall–Kier alpha value is -1.43. The Bertz CT molecular complexity index is 376. The number of hydrogen-bond acceptors (Lipinski definition) is 5. The van der Waals surface area contributed by atoms with Crippen LogP contribution in [0, 0.1) is 0 Å². The molecule has 0 atom stereocenters. The molecular weight excluding hydrogens is 226 g/mol. The molecule has 0 saturated carbocycles. The number of aromatic nitrogens is 2. The third kappa shape index (κ3) is 3.30. The van der Waals surface area contributed by atoms with E-state index in [0.29, 0.717) is 11.7 Å². The number of carboxylic acid groups (broad SMARTS) is 1. The molecule has 6 heteroatoms. The Balaban J connectivity index is 2.83. The highest BCUT2D eigenvalue weighted by atomic mass is 32.1. The Labute approximate surface area is 98.6 Å². The third-order valence-electron chi connectivity index (χ3n) is 1.89. The molecule has 16 heavy (non-hydrogen) atoms. The molecule has 0 amide bonds. The highest BCUT2D eigenvalue weighted by Crippen LogP contribution is 2.21. The van der Waals surface area contributed by atoms with E-state index in [9.17, 15) is 4.79 Å². The topological polar surface area (TPSA) is 66.3 Å². The lowest BCUT2D eigenvalue weighted by Crippen LogP contribution is -2.29. The second-order valence-corrected chi connectivity index (χ2v) is 4.38. The maximum Gasteiger partial charge on any atom is 0.323 e. The normalized spacial score (nSPS) is 10.4. The van der Waals surface area contributed by atoms with Crippen LogP contribution in [0.15, 0.2) is 12.7 Å². The standard InChI is InChI=1S/C10H15N3O2S/c1-4-5-13(6-8(14)15)10-11-9(7(2)3)12-16-10/h4,7H,1,5-6H2,2-3H3,(H,14,15). The van der Waals surface area contributed by atoms with Crippen LogP contribution in [0.1, 0.15) is 25.6 Å². The number of hydrogen-bond donors (Lipinski definition) is 1. The van der Waals surface area contributed by atoms with Crippen molar-refractivity contribution in [2.24, 2.45) is 0 Å². The van der Waals surface area contributed by atoms with Crippen molar-refractivity contribution >= 4 is 22.6 Å². The number of anilines is 1. The van der Waals surface area contributed by atoms with Gasteiger partial charge in [0.05, 0.1) is 0 Å². The minimum absolute atomic E-state index is 0.0846. The molecule has 0 aliphatic heterocycles. The maximum absolute atomic E-state index is 10.7. The summed E-state index contributed by atoms with van der Waals surface area (Å²) in [5, 5.41) is 9.40. The van der Waals surface area contributed by atoms with Gasteiger partial charge in [0.2, 0.25) is 5.13 Å². The minimum atomic E-state index is -0.886. The van der Waals surface area contributed by atoms with Crippen LogP contribution in [0.3, 0.4) is 0 Å². The van der Waals surface area contributed by atoms with Crippen molar-refractivity contribution in [1.82, 2.24) is 9.36 Å². The lowest BCUT2D eigenvalue weighted by atomic mass is 10.2. The van der Waals surface area contributed by atoms with Gasteiger partial charge in [-0.1, -0.05) is 19.9 Å². The summed E-state index contributed by atoms with van der Waals surface area (Å²) in [6.07, 6.45) is 1.65. The third-order valence-corrected chi connectivity index (χ3v) is 2.68. The first-order valence-electron chi connectivity index (χ1n) is 4.95. The van der Waals surface area contributed by atoms with Gasteiger partial charge in [0, 0.05) is 24.0 Å². The van der Waals surface area contributed by atoms with E-state index in [1.807, 2.05) is 13.8 Å². The Morgan fingerprint density at radius 3 is 2.81 bits per heavy atom. The highest BCUT2D eigenvalue weighted by Gasteiger charge is 2.15. The molecule has 88 valence electrons. The van der Waals surface area contributed by atoms with E-state index in [1.165, 1.54) is 11.5 Å². The summed E-state index contributed by atoms with van der Waals surface area (Å²) in [5.74, 6) is 0.114. The van der Waals surface area contributed by atoms with Crippen LogP contribution in [0.2, 0.25) is 0 Å². The van der Waals surface area contributed by atoms with Gasteiger partial charge in [0.25, 0.3) is 0 Å². The van der Waals surface area contributed by atoms with E-state index >= 15 is 0 Å². The SMILES string of the molecule is C=CCN(CC(=O)O)c1nc(C(C)C)ns1. The smallest absolute Gasteiger partial charge is 0.323 e. The van der Waals surface area contributed by atoms with Crippen molar-refractivity contribution in [3.8, 4) is 0 Å². The quantitative estimate of drug-likeness (QED) is 0.768. The van der Waals surface area contributed by atoms with E-state index in [4.69, 9.17) is 5.11 Å². The second kappa shape index (κ2) is 5.60. The fourth-order valence-electron chi connectivity index (χ4n) is 1.12. The summed E-state index contributed by atoms with van der Waals surface area (Å²) in [6, 6.07) is 0. The monoisotopic (exact) mass is 241 g/mol. The summed E-state index contributed by atoms with van der Waals surface area (Å²) < 4.78 is 4.19. The number of carbonyl (C=O) groups is 1. The molecular formula is C10H15N3O2S. The predicted octanol–water partition coefficient (Wildman–Crippen LogP) is 1.74. The zero-order chi connectivity index (χ0) is 12.1. The van der Waals surface area contributed by atoms with E-state index in [1.54, 1.807) is 11.0 Å². The fourth-order valence-corrected chi connectivity index (χ4v) is 1.93. The molecule has 0 saturated heterocycles. The van der Waals surface area contributed by atoms with Gasteiger partial charge < -0.3 is 10.0 Å². The van der Waals surface area contributed by atoms with E-state index in [2.05, 4.69) is 15.9 Å². The molecule has 0 radical (unpaired) electrons. The van der Waals surface area contributed by atoms with Gasteiger partial charge in [-0.15, -0.1) is 6.58 Å². The summed E-state index contributed by atoms with van der Waals surface area (Å²) in [4.78, 5) is 16.6. The predicted molar refractivity (Wildman–Crippen MR) is 64.0 cm³/mol. The minimum Gasteiger partial charge on any atom is -0.480 e. The molecule has 1 rings (SSSR count). The van der Waals surface area contributed by atoms with Gasteiger partial charge in [-0.3, -0.25) is 4.79 Å². The Kier molecular flexibility index (Phi) is 4.42. The first kappa shape index (κ1) is 12.6. The number of carboxylic acids is 1. The summed E-state index contributed by atoms with van der Waals surface area (Å²) in [6.45, 7) is 7.97. The molecule has 0 aliphatic carbocycles. The van der Waals surface area contributed by atoms with E-state index in [-0.39, 0.29) is 12.5 Å². The molecule has 1 aromatic rings. The Morgan fingerprint density at radius 2 is 2.38 bits per heavy atom. The lowest BCUT2D eigenvalue weighted by molar-refractivity contribution is -0.135. The van der Waals surface area contributed by atoms with Crippen LogP contribution in [0.5, 0.6) is 0 Å². The van der Waals surface area contributed by atoms with Gasteiger partial charge in [0.15, 0.2) is 0 Å². The van der Waals surface area contributed by atoms with Crippen LogP contribution >= 0.6 is 11.5 Å². The molecule has 1 aromatic heterocycles. The van der Waals surface area contributed by atoms with Crippen molar-refractivity contribution < 1.29 is 9.90 Å². The molecule has 0 fully saturated rings. The number of aliphatic carboxylic acids is 1. The summed E-state index contributed by atoms with van der Waals surface area (Å²) >= 11 is 1.22. The molecule has 0 aromatic carbocycles. The lowest BCUT2D eigenvalue weighted by Gasteiger charge is -2.16. The number of rotatable bonds is 6. The van der Waals surface area contributed by atoms with Gasteiger partial charge in [-0.25, -0.2) is 4.98 Å². The molecule has 0 spiro atoms. The van der Waals surface area contributed by atoms with E-state index in [0.717, 1.165) is 5.82 Å². The number of nitrogens with zero attached hydrogens (tertiary/aromatic N) is 3. The molecule has 1 heterocycles. The highest BCUT2D eigenvalue weighted by molar-refractivity contribution is 7.09. The molecule has 0 unspecified atom stereocenters. The van der Waals surface area contributed by atoms with Gasteiger partial charge in [-0.2, -0.15) is 4.37 Å². The van der Waals surface area contributed by atoms with Gasteiger partial charge in [0.1, 0.15) is 12.4 Å². The molecule has 5 nitrogen and oxygen atoms in total. The van der Waals surface area contributed by atoms with Crippen LogP contribution in [0.4, 0.5) is 5.13 Å². The average molecular weight is 241 g/mol. The zero-order valence-electron chi connectivity index (χ0n) is 9.38. The fraction of sp³-hybridized carbons (Fsp3) is 0.500. The van der Waals surface area contributed by atoms with Crippen LogP contribution in [-0.2, 0) is 4.79 Å². The summed E-state index contributed by atoms with van der Waals surface area (Å²) in [7, 11) is 0. The van der Waals surface area contributed by atoms with Crippen molar-refractivity contribution in [2.45, 2.75) is 19.8 Å². The largest absolute Gasteiger partial charge is 0.480 e. The van der Waals surface area contributed by atoms with Crippen LogP contribution in [-0.4, -0.2) is 33.5 Å². The van der Waals surface area contributed by atoms with Crippen molar-refractivity contribution in [3.05, 3.63) is 18.5 Å². The van der Waals surface area contributed by atoms with Crippen molar-refractivity contribution in [2.75, 3.05) is 18.0 Å². The van der Waals surface area contributed by atoms with Gasteiger partial charge in [-0.05, 0) is 0 Å². The van der Waals surface area contributed by atoms with Crippen LogP contribution in [0.25, 0.3) is 0 Å². The van der Waals surface area contributed by atoms with Crippen LogP contribution < -0.4 is 4.90 Å². The maximum atomic E-state index is 10.7. The second-order valence-electron chi connectivity index (χ2n) is 3.65. The molecule has 0 aliphatic rings. The van der Waals surface area contributed by atoms with Gasteiger partial charge >= 0.3 is 5.97 Å². The first-order valence-corrected chi connectivity index (χ1v) is 5.73. The molecule has 0 bridgehead atoms. The van der Waals surface area contributed by atoms with E-state index < -0.39 is 5.97 Å². The van der Waals surface area contributed by atoms with Crippen molar-refractivity contribution in [1.29, 1.82) is 0 Å². The molecule has 1 N–H and O–H groups in total.